The van der Waals surface area contributed by atoms with Gasteiger partial charge in [0.15, 0.2) is 0 Å². The first-order chi connectivity index (χ1) is 16.3. The molecule has 2 heterocycles. The lowest BCUT2D eigenvalue weighted by Crippen LogP contribution is -2.44. The van der Waals surface area contributed by atoms with Crippen molar-refractivity contribution in [1.29, 1.82) is 0 Å². The number of morpholine rings is 1. The van der Waals surface area contributed by atoms with Gasteiger partial charge < -0.3 is 19.5 Å². The second-order valence-electron chi connectivity index (χ2n) is 8.64. The molecule has 2 aliphatic heterocycles. The van der Waals surface area contributed by atoms with Crippen molar-refractivity contribution in [2.75, 3.05) is 33.4 Å². The van der Waals surface area contributed by atoms with E-state index in [1.807, 2.05) is 24.3 Å². The van der Waals surface area contributed by atoms with Gasteiger partial charge in [0.25, 0.3) is 5.91 Å². The molecule has 34 heavy (non-hydrogen) atoms. The van der Waals surface area contributed by atoms with Gasteiger partial charge in [-0.3, -0.25) is 4.79 Å². The van der Waals surface area contributed by atoms with Gasteiger partial charge in [-0.25, -0.2) is 8.42 Å². The van der Waals surface area contributed by atoms with Crippen molar-refractivity contribution < 1.29 is 27.4 Å². The molecule has 0 bridgehead atoms. The summed E-state index contributed by atoms with van der Waals surface area (Å²) >= 11 is 0. The van der Waals surface area contributed by atoms with E-state index in [2.05, 4.69) is 19.2 Å². The first-order valence-electron chi connectivity index (χ1n) is 11.7. The molecule has 1 unspecified atom stereocenters. The molecular formula is C25H32N2O6S. The van der Waals surface area contributed by atoms with Crippen LogP contribution in [0.2, 0.25) is 0 Å². The fourth-order valence-corrected chi connectivity index (χ4v) is 6.06. The third-order valence-electron chi connectivity index (χ3n) is 6.81. The van der Waals surface area contributed by atoms with Crippen molar-refractivity contribution >= 4 is 15.9 Å². The highest BCUT2D eigenvalue weighted by Crippen LogP contribution is 2.43. The van der Waals surface area contributed by atoms with Crippen molar-refractivity contribution in [2.24, 2.45) is 0 Å². The van der Waals surface area contributed by atoms with Crippen LogP contribution >= 0.6 is 0 Å². The lowest BCUT2D eigenvalue weighted by Gasteiger charge is -2.41. The molecule has 184 valence electrons. The topological polar surface area (TPSA) is 94.2 Å². The number of sulfonamides is 1. The van der Waals surface area contributed by atoms with Gasteiger partial charge in [0.05, 0.1) is 36.8 Å². The molecule has 9 heteroatoms. The maximum absolute atomic E-state index is 13.5. The standard InChI is InChI=1S/C25H32N2O6S/c1-4-25(5-2)17-21(19-8-6-7-9-23(19)33-25)26-24(28)20-16-18(10-11-22(20)31-3)34(29,30)27-12-14-32-15-13-27/h6-11,16,21H,4-5,12-15,17H2,1-3H3,(H,26,28). The van der Waals surface area contributed by atoms with Crippen LogP contribution in [0.15, 0.2) is 47.4 Å². The SMILES string of the molecule is CCC1(CC)CC(NC(=O)c2cc(S(=O)(=O)N3CCOCC3)ccc2OC)c2ccccc2O1. The van der Waals surface area contributed by atoms with E-state index in [1.165, 1.54) is 29.6 Å². The Labute approximate surface area is 201 Å². The Kier molecular flexibility index (Phi) is 7.16. The summed E-state index contributed by atoms with van der Waals surface area (Å²) in [5, 5.41) is 3.12. The van der Waals surface area contributed by atoms with Crippen LogP contribution < -0.4 is 14.8 Å². The van der Waals surface area contributed by atoms with E-state index in [4.69, 9.17) is 14.2 Å². The van der Waals surface area contributed by atoms with E-state index in [-0.39, 0.29) is 35.2 Å². The van der Waals surface area contributed by atoms with Gasteiger partial charge in [-0.15, -0.1) is 0 Å². The molecule has 1 N–H and O–H groups in total. The Morgan fingerprint density at radius 2 is 1.85 bits per heavy atom. The van der Waals surface area contributed by atoms with Gasteiger partial charge in [-0.1, -0.05) is 32.0 Å². The minimum Gasteiger partial charge on any atom is -0.496 e. The first-order valence-corrected chi connectivity index (χ1v) is 13.1. The molecular weight excluding hydrogens is 456 g/mol. The van der Waals surface area contributed by atoms with Gasteiger partial charge in [-0.05, 0) is 37.1 Å². The number of carbonyl (C=O) groups excluding carboxylic acids is 1. The van der Waals surface area contributed by atoms with Crippen LogP contribution in [0.5, 0.6) is 11.5 Å². The average Bonchev–Trinajstić information content (AvgIpc) is 2.88. The largest absolute Gasteiger partial charge is 0.496 e. The highest BCUT2D eigenvalue weighted by molar-refractivity contribution is 7.89. The summed E-state index contributed by atoms with van der Waals surface area (Å²) in [6.45, 7) is 5.43. The number of benzene rings is 2. The van der Waals surface area contributed by atoms with Crippen LogP contribution in [0.1, 0.15) is 55.1 Å². The van der Waals surface area contributed by atoms with Gasteiger partial charge in [0, 0.05) is 25.1 Å². The molecule has 2 aliphatic rings. The lowest BCUT2D eigenvalue weighted by atomic mass is 9.83. The van der Waals surface area contributed by atoms with Gasteiger partial charge >= 0.3 is 0 Å². The van der Waals surface area contributed by atoms with Gasteiger partial charge in [0.1, 0.15) is 17.1 Å². The number of hydrogen-bond donors (Lipinski definition) is 1. The number of nitrogens with one attached hydrogen (secondary N) is 1. The Morgan fingerprint density at radius 3 is 2.53 bits per heavy atom. The number of methoxy groups -OCH3 is 1. The van der Waals surface area contributed by atoms with E-state index >= 15 is 0 Å². The molecule has 1 fully saturated rings. The Balaban J connectivity index is 1.66. The number of nitrogens with zero attached hydrogens (tertiary/aromatic N) is 1. The third-order valence-corrected chi connectivity index (χ3v) is 8.71. The molecule has 4 rings (SSSR count). The van der Waals surface area contributed by atoms with E-state index in [0.717, 1.165) is 24.2 Å². The molecule has 0 radical (unpaired) electrons. The summed E-state index contributed by atoms with van der Waals surface area (Å²) in [7, 11) is -2.29. The Hall–Kier alpha value is -2.62. The van der Waals surface area contributed by atoms with E-state index in [1.54, 1.807) is 0 Å². The first kappa shape index (κ1) is 24.5. The van der Waals surface area contributed by atoms with Crippen LogP contribution in [0.25, 0.3) is 0 Å². The Morgan fingerprint density at radius 1 is 1.15 bits per heavy atom. The molecule has 2 aromatic rings. The molecule has 2 aromatic carbocycles. The quantitative estimate of drug-likeness (QED) is 0.641. The fraction of sp³-hybridized carbons (Fsp3) is 0.480. The van der Waals surface area contributed by atoms with Crippen LogP contribution in [0.4, 0.5) is 0 Å². The molecule has 0 aliphatic carbocycles. The number of ether oxygens (including phenoxy) is 3. The third kappa shape index (κ3) is 4.64. The smallest absolute Gasteiger partial charge is 0.255 e. The van der Waals surface area contributed by atoms with Crippen LogP contribution in [0.3, 0.4) is 0 Å². The number of carbonyl (C=O) groups is 1. The number of rotatable bonds is 7. The number of para-hydroxylation sites is 1. The highest BCUT2D eigenvalue weighted by atomic mass is 32.2. The molecule has 0 spiro atoms. The molecule has 1 amide bonds. The number of amides is 1. The summed E-state index contributed by atoms with van der Waals surface area (Å²) < 4.78 is 44.7. The van der Waals surface area contributed by atoms with Gasteiger partial charge in [0.2, 0.25) is 10.0 Å². The van der Waals surface area contributed by atoms with Crippen molar-refractivity contribution in [1.82, 2.24) is 9.62 Å². The molecule has 1 atom stereocenters. The van der Waals surface area contributed by atoms with E-state index in [0.29, 0.717) is 25.4 Å². The predicted molar refractivity (Wildman–Crippen MR) is 128 cm³/mol. The summed E-state index contributed by atoms with van der Waals surface area (Å²) in [4.78, 5) is 13.5. The minimum absolute atomic E-state index is 0.0594. The second kappa shape index (κ2) is 9.93. The Bertz CT molecular complexity index is 1140. The highest BCUT2D eigenvalue weighted by Gasteiger charge is 2.39. The average molecular weight is 489 g/mol. The molecule has 1 saturated heterocycles. The summed E-state index contributed by atoms with van der Waals surface area (Å²) in [5.41, 5.74) is 0.710. The zero-order chi connectivity index (χ0) is 24.3. The summed E-state index contributed by atoms with van der Waals surface area (Å²) in [6, 6.07) is 11.8. The molecule has 0 aromatic heterocycles. The maximum atomic E-state index is 13.5. The number of fused-ring (bicyclic) bond motifs is 1. The van der Waals surface area contributed by atoms with Crippen molar-refractivity contribution in [3.8, 4) is 11.5 Å². The van der Waals surface area contributed by atoms with Crippen LogP contribution in [0, 0.1) is 0 Å². The lowest BCUT2D eigenvalue weighted by molar-refractivity contribution is 0.0227. The van der Waals surface area contributed by atoms with E-state index in [9.17, 15) is 13.2 Å². The van der Waals surface area contributed by atoms with Crippen molar-refractivity contribution in [3.63, 3.8) is 0 Å². The monoisotopic (exact) mass is 488 g/mol. The number of hydrogen-bond acceptors (Lipinski definition) is 6. The summed E-state index contributed by atoms with van der Waals surface area (Å²) in [6.07, 6.45) is 2.23. The van der Waals surface area contributed by atoms with Crippen LogP contribution in [-0.2, 0) is 14.8 Å². The van der Waals surface area contributed by atoms with Gasteiger partial charge in [-0.2, -0.15) is 4.31 Å². The molecule has 8 nitrogen and oxygen atoms in total. The molecule has 0 saturated carbocycles. The van der Waals surface area contributed by atoms with Crippen molar-refractivity contribution in [3.05, 3.63) is 53.6 Å². The second-order valence-corrected chi connectivity index (χ2v) is 10.6. The maximum Gasteiger partial charge on any atom is 0.255 e. The minimum atomic E-state index is -3.75. The summed E-state index contributed by atoms with van der Waals surface area (Å²) in [5.74, 6) is 0.688. The van der Waals surface area contributed by atoms with Crippen molar-refractivity contribution in [2.45, 2.75) is 49.6 Å². The zero-order valence-electron chi connectivity index (χ0n) is 19.9. The predicted octanol–water partition coefficient (Wildman–Crippen LogP) is 3.53. The zero-order valence-corrected chi connectivity index (χ0v) is 20.7. The van der Waals surface area contributed by atoms with Crippen LogP contribution in [-0.4, -0.2) is 57.6 Å². The fourth-order valence-electron chi connectivity index (χ4n) is 4.63. The normalized spacial score (nSPS) is 20.1. The van der Waals surface area contributed by atoms with E-state index < -0.39 is 15.9 Å².